The first kappa shape index (κ1) is 19.0. The number of amides is 1. The first-order valence-corrected chi connectivity index (χ1v) is 8.01. The Bertz CT molecular complexity index is 929. The Balaban J connectivity index is 1.95. The molecule has 0 aliphatic carbocycles. The molecule has 1 heterocycles. The first-order chi connectivity index (χ1) is 12.4. The second-order valence-corrected chi connectivity index (χ2v) is 5.43. The van der Waals surface area contributed by atoms with Gasteiger partial charge in [0.05, 0.1) is 12.8 Å². The van der Waals surface area contributed by atoms with Gasteiger partial charge in [-0.1, -0.05) is 6.07 Å². The molecule has 0 saturated heterocycles. The summed E-state index contributed by atoms with van der Waals surface area (Å²) in [5, 5.41) is 13.8. The molecule has 1 aromatic carbocycles. The molecule has 0 spiro atoms. The number of para-hydroxylation sites is 1. The van der Waals surface area contributed by atoms with Gasteiger partial charge < -0.3 is 14.8 Å². The van der Waals surface area contributed by atoms with E-state index in [9.17, 15) is 19.5 Å². The number of aryl methyl sites for hydroxylation is 1. The Morgan fingerprint density at radius 2 is 2.12 bits per heavy atom. The number of carbonyl (C=O) groups is 1. The normalized spacial score (nSPS) is 10.8. The molecule has 26 heavy (non-hydrogen) atoms. The van der Waals surface area contributed by atoms with E-state index in [0.717, 1.165) is 0 Å². The van der Waals surface area contributed by atoms with Gasteiger partial charge in [0.25, 0.3) is 5.56 Å². The van der Waals surface area contributed by atoms with Crippen molar-refractivity contribution in [2.24, 2.45) is 5.10 Å². The van der Waals surface area contributed by atoms with Crippen molar-refractivity contribution < 1.29 is 14.6 Å². The molecule has 0 saturated carbocycles. The number of rotatable bonds is 7. The molecule has 138 valence electrons. The Hall–Kier alpha value is -3.36. The maximum absolute atomic E-state index is 11.9. The van der Waals surface area contributed by atoms with Crippen molar-refractivity contribution in [3.05, 3.63) is 55.9 Å². The molecule has 0 bridgehead atoms. The van der Waals surface area contributed by atoms with Crippen LogP contribution in [-0.4, -0.2) is 33.8 Å². The average molecular weight is 360 g/mol. The molecule has 0 atom stereocenters. The number of H-pyrrole nitrogens is 2. The van der Waals surface area contributed by atoms with E-state index in [4.69, 9.17) is 4.74 Å². The summed E-state index contributed by atoms with van der Waals surface area (Å²) in [4.78, 5) is 39.3. The molecule has 9 heteroatoms. The van der Waals surface area contributed by atoms with Gasteiger partial charge in [0.1, 0.15) is 0 Å². The largest absolute Gasteiger partial charge is 0.504 e. The predicted molar refractivity (Wildman–Crippen MR) is 95.8 cm³/mol. The lowest BCUT2D eigenvalue weighted by Crippen LogP contribution is -2.28. The zero-order chi connectivity index (χ0) is 19.1. The summed E-state index contributed by atoms with van der Waals surface area (Å²) in [5.74, 6) is -0.148. The average Bonchev–Trinajstić information content (AvgIpc) is 2.57. The number of aromatic nitrogens is 2. The highest BCUT2D eigenvalue weighted by molar-refractivity contribution is 5.86. The Morgan fingerprint density at radius 1 is 1.35 bits per heavy atom. The third kappa shape index (κ3) is 4.82. The number of nitrogens with zero attached hydrogens (tertiary/aromatic N) is 1. The lowest BCUT2D eigenvalue weighted by Gasteiger charge is -2.07. The number of phenolic OH excluding ortho intramolecular Hbond substituents is 1. The van der Waals surface area contributed by atoms with Crippen molar-refractivity contribution in [3.63, 3.8) is 0 Å². The zero-order valence-corrected chi connectivity index (χ0v) is 14.5. The van der Waals surface area contributed by atoms with E-state index in [-0.39, 0.29) is 18.6 Å². The van der Waals surface area contributed by atoms with Gasteiger partial charge in [0, 0.05) is 23.2 Å². The fraction of sp³-hybridized carbons (Fsp3) is 0.294. The summed E-state index contributed by atoms with van der Waals surface area (Å²) in [7, 11) is 0. The molecule has 0 aliphatic rings. The van der Waals surface area contributed by atoms with E-state index in [1.165, 1.54) is 6.21 Å². The summed E-state index contributed by atoms with van der Waals surface area (Å²) in [6.45, 7) is 3.81. The molecule has 4 N–H and O–H groups in total. The van der Waals surface area contributed by atoms with Crippen LogP contribution in [0.4, 0.5) is 0 Å². The van der Waals surface area contributed by atoms with Crippen molar-refractivity contribution in [1.29, 1.82) is 0 Å². The van der Waals surface area contributed by atoms with E-state index >= 15 is 0 Å². The van der Waals surface area contributed by atoms with Crippen LogP contribution in [0.25, 0.3) is 0 Å². The van der Waals surface area contributed by atoms with Gasteiger partial charge >= 0.3 is 5.69 Å². The van der Waals surface area contributed by atoms with Gasteiger partial charge in [0.2, 0.25) is 5.91 Å². The molecule has 9 nitrogen and oxygen atoms in total. The van der Waals surface area contributed by atoms with E-state index in [1.807, 2.05) is 0 Å². The number of nitrogens with one attached hydrogen (secondary N) is 3. The first-order valence-electron chi connectivity index (χ1n) is 8.01. The number of carbonyl (C=O) groups excluding carboxylic acids is 1. The van der Waals surface area contributed by atoms with Crippen molar-refractivity contribution in [1.82, 2.24) is 15.4 Å². The number of phenols is 1. The number of hydrogen-bond donors (Lipinski definition) is 4. The molecule has 1 amide bonds. The fourth-order valence-corrected chi connectivity index (χ4v) is 2.31. The number of aromatic amines is 2. The summed E-state index contributed by atoms with van der Waals surface area (Å²) < 4.78 is 5.27. The quantitative estimate of drug-likeness (QED) is 0.422. The smallest absolute Gasteiger partial charge is 0.325 e. The van der Waals surface area contributed by atoms with Crippen LogP contribution in [0, 0.1) is 6.92 Å². The molecular weight excluding hydrogens is 340 g/mol. The molecule has 2 aromatic rings. The van der Waals surface area contributed by atoms with Crippen LogP contribution >= 0.6 is 0 Å². The molecule has 0 unspecified atom stereocenters. The van der Waals surface area contributed by atoms with Crippen molar-refractivity contribution >= 4 is 12.1 Å². The van der Waals surface area contributed by atoms with Crippen LogP contribution in [0.3, 0.4) is 0 Å². The zero-order valence-electron chi connectivity index (χ0n) is 14.5. The topological polar surface area (TPSA) is 137 Å². The van der Waals surface area contributed by atoms with Crippen molar-refractivity contribution in [3.8, 4) is 11.5 Å². The minimum atomic E-state index is -0.584. The van der Waals surface area contributed by atoms with E-state index in [2.05, 4.69) is 20.5 Å². The number of benzene rings is 1. The molecule has 0 aliphatic heterocycles. The highest BCUT2D eigenvalue weighted by Gasteiger charge is 2.09. The van der Waals surface area contributed by atoms with E-state index in [1.54, 1.807) is 32.0 Å². The van der Waals surface area contributed by atoms with Crippen LogP contribution in [0.2, 0.25) is 0 Å². The summed E-state index contributed by atoms with van der Waals surface area (Å²) in [6, 6.07) is 4.94. The number of aromatic hydroxyl groups is 1. The molecule has 0 radical (unpaired) electrons. The van der Waals surface area contributed by atoms with Crippen molar-refractivity contribution in [2.75, 3.05) is 6.61 Å². The predicted octanol–water partition coefficient (Wildman–Crippen LogP) is 0.559. The minimum absolute atomic E-state index is 0.0122. The fourth-order valence-electron chi connectivity index (χ4n) is 2.31. The van der Waals surface area contributed by atoms with Gasteiger partial charge in [-0.25, -0.2) is 10.2 Å². The SMILES string of the molecule is CCOc1cccc(/C=N/NC(=O)CCc2c(C)[nH]c(=O)[nH]c2=O)c1O. The molecule has 1 aromatic heterocycles. The van der Waals surface area contributed by atoms with Gasteiger partial charge in [-0.05, 0) is 32.4 Å². The van der Waals surface area contributed by atoms with Gasteiger partial charge in [-0.3, -0.25) is 14.6 Å². The number of ether oxygens (including phenoxy) is 1. The Morgan fingerprint density at radius 3 is 2.81 bits per heavy atom. The molecular formula is C17H20N4O5. The van der Waals surface area contributed by atoms with Crippen molar-refractivity contribution in [2.45, 2.75) is 26.7 Å². The molecule has 2 rings (SSSR count). The standard InChI is InChI=1S/C17H20N4O5/c1-3-26-13-6-4-5-11(15(13)23)9-18-21-14(22)8-7-12-10(2)19-17(25)20-16(12)24/h4-6,9,23H,3,7-8H2,1-2H3,(H,21,22)(H2,19,20,24,25)/b18-9+. The van der Waals surface area contributed by atoms with Gasteiger partial charge in [0.15, 0.2) is 11.5 Å². The Kier molecular flexibility index (Phi) is 6.31. The highest BCUT2D eigenvalue weighted by Crippen LogP contribution is 2.28. The minimum Gasteiger partial charge on any atom is -0.504 e. The third-order valence-corrected chi connectivity index (χ3v) is 3.58. The lowest BCUT2D eigenvalue weighted by molar-refractivity contribution is -0.121. The molecule has 0 fully saturated rings. The van der Waals surface area contributed by atoms with E-state index < -0.39 is 17.2 Å². The number of hydrogen-bond acceptors (Lipinski definition) is 6. The Labute approximate surface area is 148 Å². The summed E-state index contributed by atoms with van der Waals surface area (Å²) in [6.07, 6.45) is 1.47. The van der Waals surface area contributed by atoms with Crippen LogP contribution in [-0.2, 0) is 11.2 Å². The monoisotopic (exact) mass is 360 g/mol. The third-order valence-electron chi connectivity index (χ3n) is 3.58. The second-order valence-electron chi connectivity index (χ2n) is 5.43. The lowest BCUT2D eigenvalue weighted by atomic mass is 10.1. The van der Waals surface area contributed by atoms with Gasteiger partial charge in [-0.2, -0.15) is 5.10 Å². The van der Waals surface area contributed by atoms with Crippen LogP contribution in [0.15, 0.2) is 32.9 Å². The van der Waals surface area contributed by atoms with Crippen LogP contribution in [0.1, 0.15) is 30.2 Å². The van der Waals surface area contributed by atoms with E-state index in [0.29, 0.717) is 29.2 Å². The highest BCUT2D eigenvalue weighted by atomic mass is 16.5. The van der Waals surface area contributed by atoms with Crippen LogP contribution in [0.5, 0.6) is 11.5 Å². The number of hydrazone groups is 1. The maximum Gasteiger partial charge on any atom is 0.325 e. The second kappa shape index (κ2) is 8.65. The maximum atomic E-state index is 11.9. The summed E-state index contributed by atoms with van der Waals surface area (Å²) >= 11 is 0. The summed E-state index contributed by atoms with van der Waals surface area (Å²) in [5.41, 5.74) is 2.38. The van der Waals surface area contributed by atoms with Crippen LogP contribution < -0.4 is 21.4 Å². The van der Waals surface area contributed by atoms with Gasteiger partial charge in [-0.15, -0.1) is 0 Å².